The summed E-state index contributed by atoms with van der Waals surface area (Å²) >= 11 is 0. The highest BCUT2D eigenvalue weighted by molar-refractivity contribution is 5.42. The van der Waals surface area contributed by atoms with Gasteiger partial charge in [-0.25, -0.2) is 0 Å². The second-order valence-electron chi connectivity index (χ2n) is 5.72. The van der Waals surface area contributed by atoms with Crippen molar-refractivity contribution in [2.45, 2.75) is 50.8 Å². The highest BCUT2D eigenvalue weighted by atomic mass is 16.5. The Morgan fingerprint density at radius 2 is 1.95 bits per heavy atom. The smallest absolute Gasteiger partial charge is 0.127 e. The topological polar surface area (TPSA) is 39.7 Å². The molecule has 118 valence electrons. The van der Waals surface area contributed by atoms with Crippen LogP contribution in [0.25, 0.3) is 0 Å². The molecule has 0 radical (unpaired) electrons. The number of ether oxygens (including phenoxy) is 3. The van der Waals surface area contributed by atoms with Crippen molar-refractivity contribution in [1.29, 1.82) is 0 Å². The molecular weight excluding hydrogens is 266 g/mol. The average molecular weight is 293 g/mol. The van der Waals surface area contributed by atoms with Gasteiger partial charge in [0.2, 0.25) is 0 Å². The summed E-state index contributed by atoms with van der Waals surface area (Å²) in [6, 6.07) is 6.74. The summed E-state index contributed by atoms with van der Waals surface area (Å²) in [5.41, 5.74) is 1.16. The highest BCUT2D eigenvalue weighted by Gasteiger charge is 2.24. The van der Waals surface area contributed by atoms with Crippen LogP contribution in [0.2, 0.25) is 0 Å². The summed E-state index contributed by atoms with van der Waals surface area (Å²) in [6.45, 7) is 2.18. The van der Waals surface area contributed by atoms with Gasteiger partial charge in [-0.15, -0.1) is 0 Å². The molecule has 4 heteroatoms. The maximum absolute atomic E-state index is 5.50. The van der Waals surface area contributed by atoms with Crippen LogP contribution in [0.1, 0.15) is 44.2 Å². The lowest BCUT2D eigenvalue weighted by Crippen LogP contribution is -2.38. The van der Waals surface area contributed by atoms with E-state index in [9.17, 15) is 0 Å². The first-order valence-electron chi connectivity index (χ1n) is 7.68. The molecule has 3 unspecified atom stereocenters. The monoisotopic (exact) mass is 293 g/mol. The Morgan fingerprint density at radius 3 is 2.62 bits per heavy atom. The Morgan fingerprint density at radius 1 is 1.14 bits per heavy atom. The van der Waals surface area contributed by atoms with Crippen molar-refractivity contribution < 1.29 is 14.2 Å². The van der Waals surface area contributed by atoms with E-state index in [-0.39, 0.29) is 6.04 Å². The maximum atomic E-state index is 5.50. The van der Waals surface area contributed by atoms with Crippen LogP contribution in [0.15, 0.2) is 18.2 Å². The van der Waals surface area contributed by atoms with E-state index in [1.807, 2.05) is 19.2 Å². The number of nitrogens with one attached hydrogen (secondary N) is 1. The molecule has 0 aromatic heterocycles. The first kappa shape index (κ1) is 16.1. The first-order chi connectivity index (χ1) is 10.2. The quantitative estimate of drug-likeness (QED) is 0.873. The van der Waals surface area contributed by atoms with E-state index in [4.69, 9.17) is 14.2 Å². The molecule has 1 aromatic carbocycles. The van der Waals surface area contributed by atoms with Crippen LogP contribution >= 0.6 is 0 Å². The van der Waals surface area contributed by atoms with Gasteiger partial charge >= 0.3 is 0 Å². The van der Waals surface area contributed by atoms with Crippen molar-refractivity contribution in [3.8, 4) is 11.5 Å². The molecule has 1 aliphatic rings. The van der Waals surface area contributed by atoms with Gasteiger partial charge in [0.05, 0.1) is 20.3 Å². The fourth-order valence-corrected chi connectivity index (χ4v) is 3.13. The zero-order valence-electron chi connectivity index (χ0n) is 13.5. The molecule has 0 aliphatic heterocycles. The number of benzene rings is 1. The lowest BCUT2D eigenvalue weighted by molar-refractivity contribution is 0.0572. The summed E-state index contributed by atoms with van der Waals surface area (Å²) in [7, 11) is 5.18. The van der Waals surface area contributed by atoms with Gasteiger partial charge in [0.25, 0.3) is 0 Å². The van der Waals surface area contributed by atoms with E-state index in [1.165, 1.54) is 19.3 Å². The number of methoxy groups -OCH3 is 3. The van der Waals surface area contributed by atoms with Crippen molar-refractivity contribution in [2.24, 2.45) is 0 Å². The molecule has 21 heavy (non-hydrogen) atoms. The van der Waals surface area contributed by atoms with Crippen LogP contribution in [0.5, 0.6) is 11.5 Å². The van der Waals surface area contributed by atoms with Gasteiger partial charge in [0.15, 0.2) is 0 Å². The standard InChI is InChI=1S/C17H27NO3/c1-12(18-13-6-5-7-14(10-13)19-2)16-9-8-15(20-3)11-17(16)21-4/h8-9,11-14,18H,5-7,10H2,1-4H3. The summed E-state index contributed by atoms with van der Waals surface area (Å²) < 4.78 is 16.3. The van der Waals surface area contributed by atoms with Crippen LogP contribution in [-0.2, 0) is 4.74 Å². The van der Waals surface area contributed by atoms with Crippen molar-refractivity contribution in [3.05, 3.63) is 23.8 Å². The van der Waals surface area contributed by atoms with Gasteiger partial charge in [0.1, 0.15) is 11.5 Å². The third-order valence-corrected chi connectivity index (χ3v) is 4.35. The molecule has 1 aromatic rings. The van der Waals surface area contributed by atoms with E-state index >= 15 is 0 Å². The molecule has 0 bridgehead atoms. The lowest BCUT2D eigenvalue weighted by atomic mass is 9.91. The number of hydrogen-bond donors (Lipinski definition) is 1. The third kappa shape index (κ3) is 4.11. The number of rotatable bonds is 6. The fourth-order valence-electron chi connectivity index (χ4n) is 3.13. The van der Waals surface area contributed by atoms with Crippen molar-refractivity contribution >= 4 is 0 Å². The van der Waals surface area contributed by atoms with Crippen molar-refractivity contribution in [3.63, 3.8) is 0 Å². The van der Waals surface area contributed by atoms with Gasteiger partial charge in [0, 0.05) is 30.8 Å². The molecule has 0 amide bonds. The van der Waals surface area contributed by atoms with E-state index < -0.39 is 0 Å². The molecule has 1 fully saturated rings. The van der Waals surface area contributed by atoms with E-state index in [0.29, 0.717) is 12.1 Å². The van der Waals surface area contributed by atoms with Gasteiger partial charge in [-0.05, 0) is 38.7 Å². The summed E-state index contributed by atoms with van der Waals surface area (Å²) in [4.78, 5) is 0. The second kappa shape index (κ2) is 7.66. The summed E-state index contributed by atoms with van der Waals surface area (Å²) in [5, 5.41) is 3.71. The molecule has 1 N–H and O–H groups in total. The van der Waals surface area contributed by atoms with Crippen LogP contribution in [0, 0.1) is 0 Å². The zero-order chi connectivity index (χ0) is 15.2. The molecule has 1 saturated carbocycles. The van der Waals surface area contributed by atoms with Gasteiger partial charge in [-0.3, -0.25) is 0 Å². The van der Waals surface area contributed by atoms with Crippen LogP contribution in [-0.4, -0.2) is 33.5 Å². The molecular formula is C17H27NO3. The average Bonchev–Trinajstić information content (AvgIpc) is 2.54. The maximum Gasteiger partial charge on any atom is 0.127 e. The third-order valence-electron chi connectivity index (χ3n) is 4.35. The Balaban J connectivity index is 2.04. The van der Waals surface area contributed by atoms with Crippen LogP contribution in [0.4, 0.5) is 0 Å². The predicted molar refractivity (Wildman–Crippen MR) is 84.1 cm³/mol. The molecule has 4 nitrogen and oxygen atoms in total. The lowest BCUT2D eigenvalue weighted by Gasteiger charge is -2.31. The van der Waals surface area contributed by atoms with Crippen LogP contribution in [0.3, 0.4) is 0 Å². The van der Waals surface area contributed by atoms with Gasteiger partial charge < -0.3 is 19.5 Å². The Hall–Kier alpha value is -1.26. The second-order valence-corrected chi connectivity index (χ2v) is 5.72. The normalized spacial score (nSPS) is 23.6. The van der Waals surface area contributed by atoms with Crippen molar-refractivity contribution in [1.82, 2.24) is 5.32 Å². The molecule has 0 saturated heterocycles. The van der Waals surface area contributed by atoms with E-state index in [0.717, 1.165) is 23.5 Å². The molecule has 2 rings (SSSR count). The SMILES string of the molecule is COc1ccc(C(C)NC2CCCC(OC)C2)c(OC)c1. The fraction of sp³-hybridized carbons (Fsp3) is 0.647. The zero-order valence-corrected chi connectivity index (χ0v) is 13.5. The Bertz CT molecular complexity index is 450. The largest absolute Gasteiger partial charge is 0.497 e. The Kier molecular flexibility index (Phi) is 5.88. The minimum absolute atomic E-state index is 0.242. The van der Waals surface area contributed by atoms with E-state index in [2.05, 4.69) is 18.3 Å². The highest BCUT2D eigenvalue weighted by Crippen LogP contribution is 2.31. The number of hydrogen-bond acceptors (Lipinski definition) is 4. The first-order valence-corrected chi connectivity index (χ1v) is 7.68. The minimum Gasteiger partial charge on any atom is -0.497 e. The minimum atomic E-state index is 0.242. The van der Waals surface area contributed by atoms with Gasteiger partial charge in [-0.1, -0.05) is 6.07 Å². The molecule has 3 atom stereocenters. The molecule has 1 aliphatic carbocycles. The Labute approximate surface area is 127 Å². The predicted octanol–water partition coefficient (Wildman–Crippen LogP) is 3.31. The van der Waals surface area contributed by atoms with E-state index in [1.54, 1.807) is 14.2 Å². The summed E-state index contributed by atoms with van der Waals surface area (Å²) in [5.74, 6) is 1.69. The summed E-state index contributed by atoms with van der Waals surface area (Å²) in [6.07, 6.45) is 5.08. The van der Waals surface area contributed by atoms with Crippen molar-refractivity contribution in [2.75, 3.05) is 21.3 Å². The molecule has 0 heterocycles. The van der Waals surface area contributed by atoms with Crippen LogP contribution < -0.4 is 14.8 Å². The van der Waals surface area contributed by atoms with Gasteiger partial charge in [-0.2, -0.15) is 0 Å². The molecule has 0 spiro atoms.